The number of halogens is 1. The fourth-order valence-electron chi connectivity index (χ4n) is 3.00. The zero-order valence-corrected chi connectivity index (χ0v) is 12.2. The summed E-state index contributed by atoms with van der Waals surface area (Å²) in [6.07, 6.45) is 3.01. The van der Waals surface area contributed by atoms with Gasteiger partial charge in [0.05, 0.1) is 0 Å². The average Bonchev–Trinajstić information content (AvgIpc) is 2.34. The molecule has 1 aromatic carbocycles. The van der Waals surface area contributed by atoms with E-state index in [0.717, 1.165) is 18.6 Å². The Balaban J connectivity index is 2.01. The topological polar surface area (TPSA) is 41.5 Å². The summed E-state index contributed by atoms with van der Waals surface area (Å²) in [5.41, 5.74) is 4.25. The van der Waals surface area contributed by atoms with Gasteiger partial charge < -0.3 is 0 Å². The molecule has 20 heavy (non-hydrogen) atoms. The average molecular weight is 276 g/mol. The van der Waals surface area contributed by atoms with Crippen LogP contribution in [0.2, 0.25) is 0 Å². The number of carbonyl (C=O) groups is 1. The normalized spacial score (nSPS) is 23.6. The molecular formula is C16H21FN2O. The van der Waals surface area contributed by atoms with Gasteiger partial charge in [-0.15, -0.1) is 0 Å². The highest BCUT2D eigenvalue weighted by molar-refractivity contribution is 5.95. The molecule has 1 aliphatic carbocycles. The molecule has 4 heteroatoms. The minimum atomic E-state index is -0.351. The van der Waals surface area contributed by atoms with Crippen LogP contribution in [0.1, 0.15) is 50.4 Å². The number of nitrogens with zero attached hydrogens (tertiary/aromatic N) is 1. The van der Waals surface area contributed by atoms with Crippen LogP contribution < -0.4 is 5.43 Å². The molecule has 0 saturated heterocycles. The highest BCUT2D eigenvalue weighted by Crippen LogP contribution is 2.36. The molecule has 1 aromatic rings. The molecule has 0 spiro atoms. The monoisotopic (exact) mass is 276 g/mol. The predicted molar refractivity (Wildman–Crippen MR) is 78.1 cm³/mol. The molecule has 0 heterocycles. The summed E-state index contributed by atoms with van der Waals surface area (Å²) in [5.74, 6) is -0.0653. The van der Waals surface area contributed by atoms with E-state index < -0.39 is 0 Å². The van der Waals surface area contributed by atoms with Crippen molar-refractivity contribution in [3.8, 4) is 0 Å². The van der Waals surface area contributed by atoms with Gasteiger partial charge in [-0.25, -0.2) is 9.82 Å². The fraction of sp³-hybridized carbons (Fsp3) is 0.500. The van der Waals surface area contributed by atoms with E-state index in [4.69, 9.17) is 0 Å². The van der Waals surface area contributed by atoms with E-state index in [2.05, 4.69) is 31.3 Å². The lowest BCUT2D eigenvalue weighted by Crippen LogP contribution is -2.30. The molecule has 1 N–H and O–H groups in total. The minimum absolute atomic E-state index is 0.233. The largest absolute Gasteiger partial charge is 0.271 e. The molecule has 0 bridgehead atoms. The zero-order chi connectivity index (χ0) is 14.8. The molecule has 3 nitrogen and oxygen atoms in total. The smallest absolute Gasteiger partial charge is 0.267 e. The van der Waals surface area contributed by atoms with Crippen LogP contribution >= 0.6 is 0 Å². The van der Waals surface area contributed by atoms with Crippen LogP contribution in [-0.4, -0.2) is 11.6 Å². The number of hydrogen-bond donors (Lipinski definition) is 1. The van der Waals surface area contributed by atoms with E-state index in [-0.39, 0.29) is 17.1 Å². The highest BCUT2D eigenvalue weighted by Gasteiger charge is 2.29. The van der Waals surface area contributed by atoms with Crippen molar-refractivity contribution in [2.75, 3.05) is 0 Å². The first kappa shape index (κ1) is 14.7. The van der Waals surface area contributed by atoms with Gasteiger partial charge >= 0.3 is 0 Å². The van der Waals surface area contributed by atoms with E-state index in [1.165, 1.54) is 30.7 Å². The molecular weight excluding hydrogens is 255 g/mol. The van der Waals surface area contributed by atoms with Crippen LogP contribution in [0.4, 0.5) is 4.39 Å². The van der Waals surface area contributed by atoms with Crippen molar-refractivity contribution >= 4 is 11.6 Å². The molecule has 1 unspecified atom stereocenters. The Kier molecular flexibility index (Phi) is 4.21. The van der Waals surface area contributed by atoms with Gasteiger partial charge in [0.25, 0.3) is 5.91 Å². The molecule has 0 aliphatic heterocycles. The lowest BCUT2D eigenvalue weighted by atomic mass is 9.72. The third-order valence-corrected chi connectivity index (χ3v) is 3.59. The van der Waals surface area contributed by atoms with Crippen LogP contribution in [-0.2, 0) is 0 Å². The summed E-state index contributed by atoms with van der Waals surface area (Å²) in [6, 6.07) is 5.46. The Bertz CT molecular complexity index is 520. The second kappa shape index (κ2) is 5.73. The van der Waals surface area contributed by atoms with Crippen LogP contribution in [0, 0.1) is 17.2 Å². The van der Waals surface area contributed by atoms with Gasteiger partial charge in [0, 0.05) is 11.3 Å². The quantitative estimate of drug-likeness (QED) is 0.821. The summed E-state index contributed by atoms with van der Waals surface area (Å²) in [4.78, 5) is 11.9. The molecule has 1 fully saturated rings. The van der Waals surface area contributed by atoms with Crippen LogP contribution in [0.25, 0.3) is 0 Å². The lowest BCUT2D eigenvalue weighted by molar-refractivity contribution is 0.0954. The number of carbonyl (C=O) groups excluding carboxylic acids is 1. The molecule has 0 aromatic heterocycles. The van der Waals surface area contributed by atoms with Crippen molar-refractivity contribution in [1.82, 2.24) is 5.43 Å². The first-order valence-corrected chi connectivity index (χ1v) is 6.97. The SMILES string of the molecule is CC1CC(=NNC(=O)c2ccc(F)cc2)CC(C)(C)C1. The highest BCUT2D eigenvalue weighted by atomic mass is 19.1. The second-order valence-corrected chi connectivity index (χ2v) is 6.48. The van der Waals surface area contributed by atoms with E-state index in [1.54, 1.807) is 0 Å². The first-order chi connectivity index (χ1) is 9.35. The Morgan fingerprint density at radius 3 is 2.60 bits per heavy atom. The molecule has 108 valence electrons. The Morgan fingerprint density at radius 1 is 1.35 bits per heavy atom. The van der Waals surface area contributed by atoms with Crippen molar-refractivity contribution in [3.63, 3.8) is 0 Å². The minimum Gasteiger partial charge on any atom is -0.267 e. The number of hydrogen-bond acceptors (Lipinski definition) is 2. The molecule has 1 atom stereocenters. The Morgan fingerprint density at radius 2 is 2.00 bits per heavy atom. The molecule has 1 aliphatic rings. The molecule has 0 radical (unpaired) electrons. The third-order valence-electron chi connectivity index (χ3n) is 3.59. The van der Waals surface area contributed by atoms with Gasteiger partial charge in [-0.1, -0.05) is 20.8 Å². The van der Waals surface area contributed by atoms with Gasteiger partial charge in [0.1, 0.15) is 5.82 Å². The van der Waals surface area contributed by atoms with Crippen molar-refractivity contribution < 1.29 is 9.18 Å². The number of rotatable bonds is 2. The molecule has 2 rings (SSSR count). The van der Waals surface area contributed by atoms with Crippen molar-refractivity contribution in [2.45, 2.75) is 40.0 Å². The van der Waals surface area contributed by atoms with Crippen molar-refractivity contribution in [2.24, 2.45) is 16.4 Å². The summed E-state index contributed by atoms with van der Waals surface area (Å²) in [6.45, 7) is 6.65. The summed E-state index contributed by atoms with van der Waals surface area (Å²) < 4.78 is 12.8. The van der Waals surface area contributed by atoms with E-state index in [0.29, 0.717) is 11.5 Å². The summed E-state index contributed by atoms with van der Waals surface area (Å²) in [7, 11) is 0. The summed E-state index contributed by atoms with van der Waals surface area (Å²) >= 11 is 0. The predicted octanol–water partition coefficient (Wildman–Crippen LogP) is 3.76. The maximum absolute atomic E-state index is 12.8. The third kappa shape index (κ3) is 3.89. The van der Waals surface area contributed by atoms with Crippen LogP contribution in [0.3, 0.4) is 0 Å². The number of amides is 1. The fourth-order valence-corrected chi connectivity index (χ4v) is 3.00. The number of hydrazone groups is 1. The lowest BCUT2D eigenvalue weighted by Gasteiger charge is -2.34. The Hall–Kier alpha value is -1.71. The Labute approximate surface area is 119 Å². The van der Waals surface area contributed by atoms with Gasteiger partial charge in [0.2, 0.25) is 0 Å². The van der Waals surface area contributed by atoms with Gasteiger partial charge in [-0.05, 0) is 54.9 Å². The van der Waals surface area contributed by atoms with E-state index in [1.807, 2.05) is 0 Å². The molecule has 1 amide bonds. The summed E-state index contributed by atoms with van der Waals surface area (Å²) in [5, 5.41) is 4.25. The maximum Gasteiger partial charge on any atom is 0.271 e. The molecule has 1 saturated carbocycles. The van der Waals surface area contributed by atoms with E-state index >= 15 is 0 Å². The van der Waals surface area contributed by atoms with Gasteiger partial charge in [-0.3, -0.25) is 4.79 Å². The second-order valence-electron chi connectivity index (χ2n) is 6.48. The van der Waals surface area contributed by atoms with Crippen LogP contribution in [0.15, 0.2) is 29.4 Å². The first-order valence-electron chi connectivity index (χ1n) is 6.97. The van der Waals surface area contributed by atoms with Gasteiger partial charge in [-0.2, -0.15) is 5.10 Å². The zero-order valence-electron chi connectivity index (χ0n) is 12.2. The maximum atomic E-state index is 12.8. The number of nitrogens with one attached hydrogen (secondary N) is 1. The standard InChI is InChI=1S/C16H21FN2O/c1-11-8-14(10-16(2,3)9-11)18-19-15(20)12-4-6-13(17)7-5-12/h4-7,11H,8-10H2,1-3H3,(H,19,20). The van der Waals surface area contributed by atoms with Gasteiger partial charge in [0.15, 0.2) is 0 Å². The van der Waals surface area contributed by atoms with Crippen molar-refractivity contribution in [1.29, 1.82) is 0 Å². The number of benzene rings is 1. The van der Waals surface area contributed by atoms with Crippen LogP contribution in [0.5, 0.6) is 0 Å². The van der Waals surface area contributed by atoms with Crippen molar-refractivity contribution in [3.05, 3.63) is 35.6 Å². The van der Waals surface area contributed by atoms with E-state index in [9.17, 15) is 9.18 Å².